The summed E-state index contributed by atoms with van der Waals surface area (Å²) in [5.41, 5.74) is 6.55. The molecule has 9 nitrogen and oxygen atoms in total. The number of imidazole rings is 1. The minimum Gasteiger partial charge on any atom is -0.394 e. The zero-order valence-corrected chi connectivity index (χ0v) is 12.2. The fraction of sp³-hybridized carbons (Fsp3) is 0.500. The minimum absolute atomic E-state index is 0.227. The Bertz CT molecular complexity index is 650. The molecule has 0 aliphatic carbocycles. The summed E-state index contributed by atoms with van der Waals surface area (Å²) in [5, 5.41) is 28.9. The van der Waals surface area contributed by atoms with Gasteiger partial charge >= 0.3 is 0 Å². The maximum atomic E-state index is 10.0. The smallest absolute Gasteiger partial charge is 0.194 e. The van der Waals surface area contributed by atoms with Gasteiger partial charge in [0.15, 0.2) is 21.5 Å². The Balaban J connectivity index is 2.07. The number of hydrogen-bond acceptors (Lipinski definition) is 8. The molecule has 4 atom stereocenters. The van der Waals surface area contributed by atoms with Crippen LogP contribution in [0.1, 0.15) is 6.23 Å². The fourth-order valence-electron chi connectivity index (χ4n) is 2.21. The van der Waals surface area contributed by atoms with E-state index in [2.05, 4.69) is 15.0 Å². The van der Waals surface area contributed by atoms with Crippen LogP contribution in [0.4, 0.5) is 5.82 Å². The topological polar surface area (TPSA) is 140 Å². The van der Waals surface area contributed by atoms with Crippen LogP contribution >= 0.6 is 22.6 Å². The summed E-state index contributed by atoms with van der Waals surface area (Å²) in [5.74, 6) is 0.227. The molecule has 10 heteroatoms. The predicted molar refractivity (Wildman–Crippen MR) is 75.5 cm³/mol. The van der Waals surface area contributed by atoms with Crippen molar-refractivity contribution in [1.82, 2.24) is 19.5 Å². The van der Waals surface area contributed by atoms with Crippen LogP contribution in [0.15, 0.2) is 6.33 Å². The maximum Gasteiger partial charge on any atom is 0.194 e. The number of aliphatic hydroxyl groups is 3. The number of aliphatic hydroxyl groups excluding tert-OH is 3. The van der Waals surface area contributed by atoms with E-state index >= 15 is 0 Å². The average Bonchev–Trinajstić information content (AvgIpc) is 2.93. The number of halogens is 1. The molecule has 3 rings (SSSR count). The van der Waals surface area contributed by atoms with Gasteiger partial charge in [-0.1, -0.05) is 0 Å². The van der Waals surface area contributed by atoms with Gasteiger partial charge in [0.2, 0.25) is 0 Å². The van der Waals surface area contributed by atoms with Gasteiger partial charge in [0.1, 0.15) is 23.8 Å². The molecule has 20 heavy (non-hydrogen) atoms. The molecule has 0 bridgehead atoms. The van der Waals surface area contributed by atoms with Gasteiger partial charge in [-0.25, -0.2) is 15.0 Å². The molecule has 0 amide bonds. The average molecular weight is 393 g/mol. The Morgan fingerprint density at radius 2 is 2.10 bits per heavy atom. The SMILES string of the molecule is Nc1nc(I)nc2c1ncn2[C@@H]1O[C@H](CO)[C@H](O)C1O. The number of nitrogens with two attached hydrogens (primary N) is 1. The van der Waals surface area contributed by atoms with E-state index < -0.39 is 31.1 Å². The third-order valence-electron chi connectivity index (χ3n) is 3.21. The molecule has 0 spiro atoms. The van der Waals surface area contributed by atoms with E-state index in [1.807, 2.05) is 22.6 Å². The number of anilines is 1. The van der Waals surface area contributed by atoms with Gasteiger partial charge in [-0.2, -0.15) is 0 Å². The van der Waals surface area contributed by atoms with Crippen molar-refractivity contribution in [3.63, 3.8) is 0 Å². The normalized spacial score (nSPS) is 30.2. The summed E-state index contributed by atoms with van der Waals surface area (Å²) in [4.78, 5) is 12.3. The van der Waals surface area contributed by atoms with E-state index in [9.17, 15) is 10.2 Å². The lowest BCUT2D eigenvalue weighted by atomic mass is 10.1. The fourth-order valence-corrected chi connectivity index (χ4v) is 2.70. The Morgan fingerprint density at radius 3 is 2.75 bits per heavy atom. The molecule has 1 saturated heterocycles. The quantitative estimate of drug-likeness (QED) is 0.362. The van der Waals surface area contributed by atoms with Crippen LogP contribution in [-0.2, 0) is 4.74 Å². The highest BCUT2D eigenvalue weighted by atomic mass is 127. The molecule has 1 fully saturated rings. The van der Waals surface area contributed by atoms with Crippen molar-refractivity contribution in [3.8, 4) is 0 Å². The first-order valence-electron chi connectivity index (χ1n) is 5.81. The molecule has 3 heterocycles. The van der Waals surface area contributed by atoms with Crippen LogP contribution in [0.25, 0.3) is 11.2 Å². The van der Waals surface area contributed by atoms with Crippen molar-refractivity contribution in [2.24, 2.45) is 0 Å². The van der Waals surface area contributed by atoms with Crippen molar-refractivity contribution in [2.45, 2.75) is 24.5 Å². The molecule has 1 aliphatic rings. The minimum atomic E-state index is -1.20. The van der Waals surface area contributed by atoms with Crippen LogP contribution in [0.2, 0.25) is 0 Å². The third kappa shape index (κ3) is 2.03. The molecular weight excluding hydrogens is 381 g/mol. The van der Waals surface area contributed by atoms with Gasteiger partial charge in [-0.15, -0.1) is 0 Å². The van der Waals surface area contributed by atoms with Crippen molar-refractivity contribution in [1.29, 1.82) is 0 Å². The first kappa shape index (κ1) is 13.9. The van der Waals surface area contributed by atoms with Gasteiger partial charge < -0.3 is 25.8 Å². The first-order chi connectivity index (χ1) is 9.52. The second-order valence-electron chi connectivity index (χ2n) is 4.43. The van der Waals surface area contributed by atoms with Crippen molar-refractivity contribution < 1.29 is 20.1 Å². The highest BCUT2D eigenvalue weighted by Gasteiger charge is 2.44. The van der Waals surface area contributed by atoms with E-state index in [4.69, 9.17) is 15.6 Å². The second kappa shape index (κ2) is 5.04. The molecule has 0 aromatic carbocycles. The standard InChI is InChI=1S/C10H12IN5O4/c11-10-14-7(12)4-8(15-10)16(2-13-4)9-6(19)5(18)3(1-17)20-9/h2-3,5-6,9,17-19H,1H2,(H2,12,14,15)/t3-,5+,6?,9-/m1/s1. The first-order valence-corrected chi connectivity index (χ1v) is 6.88. The summed E-state index contributed by atoms with van der Waals surface area (Å²) in [7, 11) is 0. The largest absolute Gasteiger partial charge is 0.394 e. The summed E-state index contributed by atoms with van der Waals surface area (Å²) < 4.78 is 7.34. The molecule has 0 radical (unpaired) electrons. The molecule has 1 aliphatic heterocycles. The van der Waals surface area contributed by atoms with Gasteiger partial charge in [0.25, 0.3) is 0 Å². The summed E-state index contributed by atoms with van der Waals surface area (Å²) in [6, 6.07) is 0. The molecule has 2 aromatic rings. The number of aromatic nitrogens is 4. The number of nitrogen functional groups attached to an aromatic ring is 1. The highest BCUT2D eigenvalue weighted by molar-refractivity contribution is 14.1. The lowest BCUT2D eigenvalue weighted by molar-refractivity contribution is -0.0511. The number of nitrogens with zero attached hydrogens (tertiary/aromatic N) is 4. The van der Waals surface area contributed by atoms with Crippen LogP contribution < -0.4 is 5.73 Å². The number of ether oxygens (including phenoxy) is 1. The van der Waals surface area contributed by atoms with Gasteiger partial charge in [0, 0.05) is 22.6 Å². The van der Waals surface area contributed by atoms with Gasteiger partial charge in [-0.05, 0) is 0 Å². The van der Waals surface area contributed by atoms with Crippen LogP contribution in [-0.4, -0.2) is 59.8 Å². The second-order valence-corrected chi connectivity index (χ2v) is 5.40. The predicted octanol–water partition coefficient (Wildman–Crippen LogP) is -1.38. The van der Waals surface area contributed by atoms with Crippen molar-refractivity contribution in [3.05, 3.63) is 10.2 Å². The van der Waals surface area contributed by atoms with E-state index in [0.29, 0.717) is 15.0 Å². The maximum absolute atomic E-state index is 10.0. The monoisotopic (exact) mass is 393 g/mol. The van der Waals surface area contributed by atoms with Gasteiger partial charge in [-0.3, -0.25) is 4.57 Å². The lowest BCUT2D eigenvalue weighted by Gasteiger charge is -2.16. The summed E-state index contributed by atoms with van der Waals surface area (Å²) in [6.45, 7) is -0.393. The zero-order valence-electron chi connectivity index (χ0n) is 10.1. The molecule has 1 unspecified atom stereocenters. The summed E-state index contributed by atoms with van der Waals surface area (Å²) >= 11 is 1.92. The van der Waals surface area contributed by atoms with Crippen molar-refractivity contribution >= 4 is 39.6 Å². The molecule has 0 saturated carbocycles. The number of hydrogen-bond donors (Lipinski definition) is 4. The van der Waals surface area contributed by atoms with E-state index in [1.165, 1.54) is 10.9 Å². The molecular formula is C10H12IN5O4. The molecule has 108 valence electrons. The Labute approximate surface area is 126 Å². The van der Waals surface area contributed by atoms with Crippen LogP contribution in [0.3, 0.4) is 0 Å². The Morgan fingerprint density at radius 1 is 1.35 bits per heavy atom. The molecule has 5 N–H and O–H groups in total. The van der Waals surface area contributed by atoms with Crippen LogP contribution in [0.5, 0.6) is 0 Å². The Kier molecular flexibility index (Phi) is 3.50. The van der Waals surface area contributed by atoms with E-state index in [0.717, 1.165) is 0 Å². The zero-order chi connectivity index (χ0) is 14.4. The third-order valence-corrected chi connectivity index (χ3v) is 3.69. The Hall–Kier alpha value is -1.08. The lowest BCUT2D eigenvalue weighted by Crippen LogP contribution is -2.33. The number of fused-ring (bicyclic) bond motifs is 1. The van der Waals surface area contributed by atoms with Crippen molar-refractivity contribution in [2.75, 3.05) is 12.3 Å². The number of rotatable bonds is 2. The van der Waals surface area contributed by atoms with Crippen LogP contribution in [0, 0.1) is 3.83 Å². The van der Waals surface area contributed by atoms with E-state index in [1.54, 1.807) is 0 Å². The summed E-state index contributed by atoms with van der Waals surface area (Å²) in [6.07, 6.45) is -2.71. The highest BCUT2D eigenvalue weighted by Crippen LogP contribution is 2.31. The van der Waals surface area contributed by atoms with Gasteiger partial charge in [0.05, 0.1) is 12.9 Å². The molecule has 2 aromatic heterocycles. The van der Waals surface area contributed by atoms with E-state index in [-0.39, 0.29) is 5.82 Å².